The molecule has 0 fully saturated rings. The molecule has 4 rings (SSSR count). The van der Waals surface area contributed by atoms with Gasteiger partial charge in [-0.25, -0.2) is 12.7 Å². The second-order valence-electron chi connectivity index (χ2n) is 7.51. The lowest BCUT2D eigenvalue weighted by Gasteiger charge is -2.25. The summed E-state index contributed by atoms with van der Waals surface area (Å²) in [6, 6.07) is 20.8. The van der Waals surface area contributed by atoms with E-state index in [2.05, 4.69) is 0 Å². The summed E-state index contributed by atoms with van der Waals surface area (Å²) in [5, 5.41) is 0.281. The highest BCUT2D eigenvalue weighted by Crippen LogP contribution is 2.32. The molecule has 0 spiro atoms. The first-order chi connectivity index (χ1) is 15.3. The minimum atomic E-state index is -4.02. The zero-order chi connectivity index (χ0) is 22.9. The van der Waals surface area contributed by atoms with E-state index in [0.717, 1.165) is 15.4 Å². The maximum Gasteiger partial charge on any atom is 0.266 e. The molecule has 0 atom stereocenters. The monoisotopic (exact) mass is 449 g/mol. The molecule has 6 nitrogen and oxygen atoms in total. The van der Waals surface area contributed by atoms with Crippen LogP contribution in [0.4, 0.5) is 5.88 Å². The van der Waals surface area contributed by atoms with Crippen LogP contribution in [0.25, 0.3) is 11.0 Å². The highest BCUT2D eigenvalue weighted by atomic mass is 32.2. The molecule has 0 aliphatic carbocycles. The van der Waals surface area contributed by atoms with Crippen LogP contribution in [-0.4, -0.2) is 15.5 Å². The number of hydrogen-bond acceptors (Lipinski definition) is 5. The number of rotatable bonds is 6. The summed E-state index contributed by atoms with van der Waals surface area (Å²) in [5.41, 5.74) is 1.81. The molecule has 0 unspecified atom stereocenters. The summed E-state index contributed by atoms with van der Waals surface area (Å²) in [6.45, 7) is 3.46. The summed E-state index contributed by atoms with van der Waals surface area (Å²) >= 11 is 0. The lowest BCUT2D eigenvalue weighted by atomic mass is 10.1. The molecule has 0 saturated carbocycles. The average Bonchev–Trinajstić information content (AvgIpc) is 2.80. The topological polar surface area (TPSA) is 76.8 Å². The van der Waals surface area contributed by atoms with E-state index in [1.165, 1.54) is 7.11 Å². The van der Waals surface area contributed by atoms with Crippen molar-refractivity contribution >= 4 is 26.9 Å². The van der Waals surface area contributed by atoms with Gasteiger partial charge in [-0.1, -0.05) is 54.1 Å². The van der Waals surface area contributed by atoms with Crippen LogP contribution in [0.3, 0.4) is 0 Å². The molecule has 164 valence electrons. The summed E-state index contributed by atoms with van der Waals surface area (Å²) in [5.74, 6) is 0.363. The molecule has 4 aromatic rings. The predicted molar refractivity (Wildman–Crippen MR) is 125 cm³/mol. The van der Waals surface area contributed by atoms with E-state index in [4.69, 9.17) is 9.15 Å². The normalized spacial score (nSPS) is 11.5. The highest BCUT2D eigenvalue weighted by molar-refractivity contribution is 7.92. The summed E-state index contributed by atoms with van der Waals surface area (Å²) in [6.07, 6.45) is 0. The van der Waals surface area contributed by atoms with Crippen molar-refractivity contribution in [3.05, 3.63) is 99.7 Å². The molecule has 0 saturated heterocycles. The second kappa shape index (κ2) is 8.51. The highest BCUT2D eigenvalue weighted by Gasteiger charge is 2.30. The number of fused-ring (bicyclic) bond motifs is 1. The minimum Gasteiger partial charge on any atom is -0.496 e. The van der Waals surface area contributed by atoms with Gasteiger partial charge in [-0.2, -0.15) is 0 Å². The second-order valence-corrected chi connectivity index (χ2v) is 9.37. The summed E-state index contributed by atoms with van der Waals surface area (Å²) < 4.78 is 39.9. The molecule has 0 radical (unpaired) electrons. The maximum atomic E-state index is 13.7. The molecule has 1 aromatic heterocycles. The Morgan fingerprint density at radius 2 is 1.59 bits per heavy atom. The van der Waals surface area contributed by atoms with Crippen LogP contribution in [0.2, 0.25) is 0 Å². The molecule has 7 heteroatoms. The standard InChI is InChI=1S/C25H23NO5S/c1-17-12-14-20(15-13-17)32(28,29)26(16-19-8-5-4-6-9-19)25-18(2)24(27)23-21(30-3)10-7-11-22(23)31-25/h4-15H,16H2,1-3H3. The lowest BCUT2D eigenvalue weighted by molar-refractivity contribution is 0.418. The van der Waals surface area contributed by atoms with Crippen LogP contribution in [0.5, 0.6) is 5.75 Å². The van der Waals surface area contributed by atoms with Gasteiger partial charge in [-0.3, -0.25) is 4.79 Å². The van der Waals surface area contributed by atoms with Crippen molar-refractivity contribution in [2.45, 2.75) is 25.3 Å². The fourth-order valence-electron chi connectivity index (χ4n) is 3.55. The Balaban J connectivity index is 1.96. The van der Waals surface area contributed by atoms with Crippen LogP contribution in [-0.2, 0) is 16.6 Å². The van der Waals surface area contributed by atoms with Gasteiger partial charge in [0.05, 0.1) is 24.1 Å². The van der Waals surface area contributed by atoms with Gasteiger partial charge in [-0.05, 0) is 43.7 Å². The Kier molecular flexibility index (Phi) is 5.76. The van der Waals surface area contributed by atoms with E-state index in [-0.39, 0.29) is 39.3 Å². The number of ether oxygens (including phenoxy) is 1. The largest absolute Gasteiger partial charge is 0.496 e. The zero-order valence-corrected chi connectivity index (χ0v) is 18.8. The number of sulfonamides is 1. The quantitative estimate of drug-likeness (QED) is 0.422. The van der Waals surface area contributed by atoms with Crippen LogP contribution in [0.1, 0.15) is 16.7 Å². The molecule has 0 aliphatic rings. The van der Waals surface area contributed by atoms with E-state index >= 15 is 0 Å². The molecule has 3 aromatic carbocycles. The van der Waals surface area contributed by atoms with Crippen LogP contribution in [0.15, 0.2) is 86.9 Å². The van der Waals surface area contributed by atoms with Gasteiger partial charge in [0.1, 0.15) is 16.7 Å². The van der Waals surface area contributed by atoms with Gasteiger partial charge in [0.2, 0.25) is 11.3 Å². The van der Waals surface area contributed by atoms with E-state index < -0.39 is 10.0 Å². The first kappa shape index (κ1) is 21.6. The number of methoxy groups -OCH3 is 1. The molecule has 0 bridgehead atoms. The van der Waals surface area contributed by atoms with Gasteiger partial charge in [0.15, 0.2) is 0 Å². The van der Waals surface area contributed by atoms with Gasteiger partial charge >= 0.3 is 0 Å². The van der Waals surface area contributed by atoms with Crippen molar-refractivity contribution in [2.75, 3.05) is 11.4 Å². The van der Waals surface area contributed by atoms with Gasteiger partial charge in [0.25, 0.3) is 10.0 Å². The van der Waals surface area contributed by atoms with Crippen molar-refractivity contribution in [3.8, 4) is 5.75 Å². The van der Waals surface area contributed by atoms with Gasteiger partial charge in [0, 0.05) is 0 Å². The van der Waals surface area contributed by atoms with Crippen molar-refractivity contribution in [1.29, 1.82) is 0 Å². The molecule has 32 heavy (non-hydrogen) atoms. The van der Waals surface area contributed by atoms with Crippen molar-refractivity contribution in [2.24, 2.45) is 0 Å². The minimum absolute atomic E-state index is 0.0102. The number of hydrogen-bond donors (Lipinski definition) is 0. The van der Waals surface area contributed by atoms with Crippen molar-refractivity contribution < 1.29 is 17.6 Å². The molecular weight excluding hydrogens is 426 g/mol. The van der Waals surface area contributed by atoms with Crippen LogP contribution >= 0.6 is 0 Å². The Bertz CT molecular complexity index is 1430. The fourth-order valence-corrected chi connectivity index (χ4v) is 4.99. The Morgan fingerprint density at radius 3 is 2.25 bits per heavy atom. The zero-order valence-electron chi connectivity index (χ0n) is 18.0. The molecule has 0 aliphatic heterocycles. The van der Waals surface area contributed by atoms with E-state index in [9.17, 15) is 13.2 Å². The van der Waals surface area contributed by atoms with Crippen LogP contribution < -0.4 is 14.5 Å². The SMILES string of the molecule is COc1cccc2oc(N(Cc3ccccc3)S(=O)(=O)c3ccc(C)cc3)c(C)c(=O)c12. The number of nitrogens with zero attached hydrogens (tertiary/aromatic N) is 1. The first-order valence-electron chi connectivity index (χ1n) is 10.1. The third-order valence-corrected chi connectivity index (χ3v) is 7.05. The van der Waals surface area contributed by atoms with E-state index in [0.29, 0.717) is 5.75 Å². The van der Waals surface area contributed by atoms with Crippen LogP contribution in [0, 0.1) is 13.8 Å². The molecular formula is C25H23NO5S. The molecule has 0 amide bonds. The number of anilines is 1. The van der Waals surface area contributed by atoms with E-state index in [1.807, 2.05) is 37.3 Å². The molecule has 0 N–H and O–H groups in total. The Hall–Kier alpha value is -3.58. The molecule has 1 heterocycles. The first-order valence-corrected chi connectivity index (χ1v) is 11.5. The van der Waals surface area contributed by atoms with Gasteiger partial charge in [-0.15, -0.1) is 0 Å². The van der Waals surface area contributed by atoms with Crippen molar-refractivity contribution in [3.63, 3.8) is 0 Å². The average molecular weight is 450 g/mol. The predicted octanol–water partition coefficient (Wildman–Crippen LogP) is 4.81. The Morgan fingerprint density at radius 1 is 0.906 bits per heavy atom. The maximum absolute atomic E-state index is 13.7. The van der Waals surface area contributed by atoms with E-state index in [1.54, 1.807) is 49.4 Å². The lowest BCUT2D eigenvalue weighted by Crippen LogP contribution is -2.32. The Labute approximate surface area is 186 Å². The summed E-state index contributed by atoms with van der Waals surface area (Å²) in [7, 11) is -2.55. The third kappa shape index (κ3) is 3.87. The summed E-state index contributed by atoms with van der Waals surface area (Å²) in [4.78, 5) is 13.3. The number of benzene rings is 3. The van der Waals surface area contributed by atoms with Crippen molar-refractivity contribution in [1.82, 2.24) is 0 Å². The smallest absolute Gasteiger partial charge is 0.266 e. The van der Waals surface area contributed by atoms with Gasteiger partial charge < -0.3 is 9.15 Å². The number of aryl methyl sites for hydroxylation is 1. The third-order valence-electron chi connectivity index (χ3n) is 5.31. The fraction of sp³-hybridized carbons (Fsp3) is 0.160.